The lowest BCUT2D eigenvalue weighted by Crippen LogP contribution is -2.33. The lowest BCUT2D eigenvalue weighted by atomic mass is 10.0. The van der Waals surface area contributed by atoms with Crippen LogP contribution in [-0.4, -0.2) is 18.6 Å². The van der Waals surface area contributed by atoms with Gasteiger partial charge in [-0.2, -0.15) is 0 Å². The Balaban J connectivity index is 2.07. The molecule has 96 valence electrons. The van der Waals surface area contributed by atoms with Crippen LogP contribution in [0.25, 0.3) is 0 Å². The van der Waals surface area contributed by atoms with E-state index in [4.69, 9.17) is 5.73 Å². The number of halogens is 1. The molecule has 1 aromatic rings. The number of hydrogen-bond donors (Lipinski definition) is 2. The molecule has 0 amide bonds. The molecule has 0 atom stereocenters. The zero-order chi connectivity index (χ0) is 12.7. The highest BCUT2D eigenvalue weighted by atomic mass is 79.9. The molecule has 0 unspecified atom stereocenters. The van der Waals surface area contributed by atoms with Crippen molar-refractivity contribution in [2.24, 2.45) is 5.73 Å². The van der Waals surface area contributed by atoms with Crippen molar-refractivity contribution in [1.29, 1.82) is 0 Å². The Bertz CT molecular complexity index is 314. The van der Waals surface area contributed by atoms with Gasteiger partial charge >= 0.3 is 0 Å². The lowest BCUT2D eigenvalue weighted by Gasteiger charge is -2.17. The Hall–Kier alpha value is -0.380. The normalized spacial score (nSPS) is 11.8. The van der Waals surface area contributed by atoms with E-state index in [1.54, 1.807) is 0 Å². The average molecular weight is 299 g/mol. The Kier molecular flexibility index (Phi) is 6.17. The maximum absolute atomic E-state index is 5.92. The molecule has 1 rings (SSSR count). The first-order valence-corrected chi connectivity index (χ1v) is 7.01. The molecule has 0 saturated heterocycles. The summed E-state index contributed by atoms with van der Waals surface area (Å²) in [4.78, 5) is 0. The Morgan fingerprint density at radius 1 is 1.18 bits per heavy atom. The number of hydrogen-bond acceptors (Lipinski definition) is 2. The monoisotopic (exact) mass is 298 g/mol. The first-order chi connectivity index (χ1) is 7.97. The van der Waals surface area contributed by atoms with Crippen molar-refractivity contribution >= 4 is 15.9 Å². The molecule has 0 saturated carbocycles. The van der Waals surface area contributed by atoms with E-state index in [1.165, 1.54) is 5.56 Å². The molecule has 3 N–H and O–H groups in total. The van der Waals surface area contributed by atoms with Crippen molar-refractivity contribution < 1.29 is 0 Å². The van der Waals surface area contributed by atoms with Crippen LogP contribution in [0, 0.1) is 0 Å². The van der Waals surface area contributed by atoms with Gasteiger partial charge in [0.1, 0.15) is 0 Å². The smallest absolute Gasteiger partial charge is 0.0175 e. The Labute approximate surface area is 113 Å². The van der Waals surface area contributed by atoms with E-state index < -0.39 is 0 Å². The standard InChI is InChI=1S/C14H23BrN2/c1-14(2,16)9-3-10-17-11-8-12-4-6-13(15)7-5-12/h4-7,17H,3,8-11,16H2,1-2H3. The Morgan fingerprint density at radius 3 is 2.41 bits per heavy atom. The molecule has 2 nitrogen and oxygen atoms in total. The highest BCUT2D eigenvalue weighted by Gasteiger charge is 2.08. The third kappa shape index (κ3) is 7.53. The highest BCUT2D eigenvalue weighted by Crippen LogP contribution is 2.10. The number of nitrogens with two attached hydrogens (primary N) is 1. The average Bonchev–Trinajstić information content (AvgIpc) is 2.24. The first kappa shape index (κ1) is 14.7. The fourth-order valence-corrected chi connectivity index (χ4v) is 1.94. The van der Waals surface area contributed by atoms with E-state index in [0.717, 1.165) is 36.8 Å². The number of rotatable bonds is 7. The van der Waals surface area contributed by atoms with Crippen molar-refractivity contribution in [1.82, 2.24) is 5.32 Å². The summed E-state index contributed by atoms with van der Waals surface area (Å²) in [5.41, 5.74) is 7.26. The van der Waals surface area contributed by atoms with E-state index in [1.807, 2.05) is 0 Å². The summed E-state index contributed by atoms with van der Waals surface area (Å²) in [7, 11) is 0. The second kappa shape index (κ2) is 7.14. The third-order valence-electron chi connectivity index (χ3n) is 2.68. The number of nitrogens with one attached hydrogen (secondary N) is 1. The van der Waals surface area contributed by atoms with Crippen LogP contribution in [0.4, 0.5) is 0 Å². The molecular formula is C14H23BrN2. The first-order valence-electron chi connectivity index (χ1n) is 6.21. The molecule has 0 aliphatic rings. The largest absolute Gasteiger partial charge is 0.326 e. The number of benzene rings is 1. The summed E-state index contributed by atoms with van der Waals surface area (Å²) >= 11 is 3.44. The van der Waals surface area contributed by atoms with Crippen LogP contribution >= 0.6 is 15.9 Å². The van der Waals surface area contributed by atoms with Gasteiger partial charge in [-0.15, -0.1) is 0 Å². The van der Waals surface area contributed by atoms with Gasteiger partial charge in [0, 0.05) is 10.0 Å². The van der Waals surface area contributed by atoms with Crippen molar-refractivity contribution in [2.75, 3.05) is 13.1 Å². The molecule has 0 bridgehead atoms. The summed E-state index contributed by atoms with van der Waals surface area (Å²) in [5.74, 6) is 0. The maximum Gasteiger partial charge on any atom is 0.0175 e. The van der Waals surface area contributed by atoms with E-state index in [0.29, 0.717) is 0 Å². The minimum atomic E-state index is -0.0343. The van der Waals surface area contributed by atoms with Crippen molar-refractivity contribution in [2.45, 2.75) is 38.6 Å². The van der Waals surface area contributed by atoms with Gasteiger partial charge in [0.15, 0.2) is 0 Å². The van der Waals surface area contributed by atoms with Gasteiger partial charge in [0.2, 0.25) is 0 Å². The van der Waals surface area contributed by atoms with Gasteiger partial charge in [-0.3, -0.25) is 0 Å². The minimum absolute atomic E-state index is 0.0343. The maximum atomic E-state index is 5.92. The highest BCUT2D eigenvalue weighted by molar-refractivity contribution is 9.10. The predicted molar refractivity (Wildman–Crippen MR) is 78.2 cm³/mol. The molecule has 0 aromatic heterocycles. The molecule has 0 aliphatic carbocycles. The van der Waals surface area contributed by atoms with Crippen LogP contribution in [0.5, 0.6) is 0 Å². The van der Waals surface area contributed by atoms with E-state index >= 15 is 0 Å². The van der Waals surface area contributed by atoms with Crippen molar-refractivity contribution in [3.8, 4) is 0 Å². The van der Waals surface area contributed by atoms with Gasteiger partial charge in [-0.25, -0.2) is 0 Å². The molecule has 0 fully saturated rings. The Morgan fingerprint density at radius 2 is 1.82 bits per heavy atom. The summed E-state index contributed by atoms with van der Waals surface area (Å²) in [6.45, 7) is 6.24. The van der Waals surface area contributed by atoms with Crippen LogP contribution in [0.3, 0.4) is 0 Å². The molecule has 0 heterocycles. The second-order valence-corrected chi connectivity index (χ2v) is 6.13. The summed E-state index contributed by atoms with van der Waals surface area (Å²) < 4.78 is 1.14. The van der Waals surface area contributed by atoms with Gasteiger partial charge in [0.05, 0.1) is 0 Å². The second-order valence-electron chi connectivity index (χ2n) is 5.22. The predicted octanol–water partition coefficient (Wildman–Crippen LogP) is 3.10. The minimum Gasteiger partial charge on any atom is -0.326 e. The van der Waals surface area contributed by atoms with Gasteiger partial charge in [0.25, 0.3) is 0 Å². The fraction of sp³-hybridized carbons (Fsp3) is 0.571. The molecule has 0 aliphatic heterocycles. The third-order valence-corrected chi connectivity index (χ3v) is 3.21. The summed E-state index contributed by atoms with van der Waals surface area (Å²) in [6, 6.07) is 8.50. The lowest BCUT2D eigenvalue weighted by molar-refractivity contribution is 0.449. The molecule has 17 heavy (non-hydrogen) atoms. The molecule has 0 radical (unpaired) electrons. The fourth-order valence-electron chi connectivity index (χ4n) is 1.68. The van der Waals surface area contributed by atoms with Crippen LogP contribution < -0.4 is 11.1 Å². The van der Waals surface area contributed by atoms with Crippen molar-refractivity contribution in [3.63, 3.8) is 0 Å². The summed E-state index contributed by atoms with van der Waals surface area (Å²) in [5, 5.41) is 3.45. The van der Waals surface area contributed by atoms with E-state index in [-0.39, 0.29) is 5.54 Å². The molecule has 0 spiro atoms. The van der Waals surface area contributed by atoms with Crippen LogP contribution in [0.15, 0.2) is 28.7 Å². The van der Waals surface area contributed by atoms with Gasteiger partial charge < -0.3 is 11.1 Å². The topological polar surface area (TPSA) is 38.0 Å². The van der Waals surface area contributed by atoms with E-state index in [9.17, 15) is 0 Å². The molecule has 3 heteroatoms. The van der Waals surface area contributed by atoms with Gasteiger partial charge in [-0.1, -0.05) is 28.1 Å². The van der Waals surface area contributed by atoms with Crippen LogP contribution in [-0.2, 0) is 6.42 Å². The molecular weight excluding hydrogens is 276 g/mol. The van der Waals surface area contributed by atoms with Gasteiger partial charge in [-0.05, 0) is 63.9 Å². The zero-order valence-corrected chi connectivity index (χ0v) is 12.4. The SMILES string of the molecule is CC(C)(N)CCCNCCc1ccc(Br)cc1. The summed E-state index contributed by atoms with van der Waals surface area (Å²) in [6.07, 6.45) is 3.29. The van der Waals surface area contributed by atoms with Crippen molar-refractivity contribution in [3.05, 3.63) is 34.3 Å². The van der Waals surface area contributed by atoms with Crippen LogP contribution in [0.2, 0.25) is 0 Å². The van der Waals surface area contributed by atoms with Crippen LogP contribution in [0.1, 0.15) is 32.3 Å². The molecule has 1 aromatic carbocycles. The quantitative estimate of drug-likeness (QED) is 0.759. The van der Waals surface area contributed by atoms with E-state index in [2.05, 4.69) is 59.4 Å². The zero-order valence-electron chi connectivity index (χ0n) is 10.8.